The van der Waals surface area contributed by atoms with Crippen molar-refractivity contribution in [3.8, 4) is 5.75 Å². The van der Waals surface area contributed by atoms with Gasteiger partial charge >= 0.3 is 0 Å². The molecule has 144 valence electrons. The molecule has 2 heterocycles. The molecule has 0 saturated carbocycles. The lowest BCUT2D eigenvalue weighted by molar-refractivity contribution is -0.160. The van der Waals surface area contributed by atoms with Gasteiger partial charge in [0, 0.05) is 44.9 Å². The summed E-state index contributed by atoms with van der Waals surface area (Å²) in [6, 6.07) is 4.49. The van der Waals surface area contributed by atoms with E-state index >= 15 is 0 Å². The first-order chi connectivity index (χ1) is 12.5. The first-order valence-corrected chi connectivity index (χ1v) is 9.16. The molecule has 2 fully saturated rings. The van der Waals surface area contributed by atoms with Crippen molar-refractivity contribution < 1.29 is 23.8 Å². The number of aliphatic hydroxyl groups is 1. The molecule has 0 radical (unpaired) electrons. The minimum absolute atomic E-state index is 0.132. The SMILES string of the molecule is COc1ccc(F)c(CN2CCCC(O)(CN3CCCOCC3)C2=O)c1. The van der Waals surface area contributed by atoms with E-state index in [2.05, 4.69) is 4.90 Å². The summed E-state index contributed by atoms with van der Waals surface area (Å²) in [7, 11) is 1.52. The molecule has 1 aromatic carbocycles. The molecular weight excluding hydrogens is 339 g/mol. The summed E-state index contributed by atoms with van der Waals surface area (Å²) >= 11 is 0. The lowest BCUT2D eigenvalue weighted by atomic mass is 9.90. The quantitative estimate of drug-likeness (QED) is 0.854. The highest BCUT2D eigenvalue weighted by atomic mass is 19.1. The maximum absolute atomic E-state index is 14.1. The first-order valence-electron chi connectivity index (χ1n) is 9.16. The van der Waals surface area contributed by atoms with E-state index in [1.165, 1.54) is 13.2 Å². The van der Waals surface area contributed by atoms with Crippen molar-refractivity contribution in [2.24, 2.45) is 0 Å². The van der Waals surface area contributed by atoms with Gasteiger partial charge in [-0.3, -0.25) is 9.69 Å². The molecular formula is C19H27FN2O4. The fourth-order valence-corrected chi connectivity index (χ4v) is 3.69. The average molecular weight is 366 g/mol. The number of carbonyl (C=O) groups excluding carboxylic acids is 1. The second kappa shape index (κ2) is 8.33. The number of halogens is 1. The largest absolute Gasteiger partial charge is 0.497 e. The van der Waals surface area contributed by atoms with Gasteiger partial charge < -0.3 is 19.5 Å². The highest BCUT2D eigenvalue weighted by Crippen LogP contribution is 2.27. The Kier molecular flexibility index (Phi) is 6.11. The minimum Gasteiger partial charge on any atom is -0.497 e. The summed E-state index contributed by atoms with van der Waals surface area (Å²) in [5.41, 5.74) is -1.03. The van der Waals surface area contributed by atoms with Crippen molar-refractivity contribution in [2.75, 3.05) is 46.5 Å². The van der Waals surface area contributed by atoms with Crippen LogP contribution in [0, 0.1) is 5.82 Å². The average Bonchev–Trinajstić information content (AvgIpc) is 2.89. The number of amides is 1. The molecule has 2 saturated heterocycles. The van der Waals surface area contributed by atoms with E-state index in [1.54, 1.807) is 17.0 Å². The van der Waals surface area contributed by atoms with Crippen molar-refractivity contribution >= 4 is 5.91 Å². The monoisotopic (exact) mass is 366 g/mol. The molecule has 1 atom stereocenters. The molecule has 0 aromatic heterocycles. The summed E-state index contributed by atoms with van der Waals surface area (Å²) in [6.45, 7) is 3.79. The number of ether oxygens (including phenoxy) is 2. The summed E-state index contributed by atoms with van der Waals surface area (Å²) in [5.74, 6) is -0.154. The van der Waals surface area contributed by atoms with Gasteiger partial charge in [0.15, 0.2) is 5.60 Å². The van der Waals surface area contributed by atoms with Crippen molar-refractivity contribution in [1.82, 2.24) is 9.80 Å². The Balaban J connectivity index is 1.70. The Hall–Kier alpha value is -1.70. The van der Waals surface area contributed by atoms with E-state index in [4.69, 9.17) is 9.47 Å². The molecule has 0 spiro atoms. The van der Waals surface area contributed by atoms with Crippen LogP contribution in [0.2, 0.25) is 0 Å². The number of hydrogen-bond donors (Lipinski definition) is 1. The van der Waals surface area contributed by atoms with Crippen molar-refractivity contribution in [3.05, 3.63) is 29.6 Å². The van der Waals surface area contributed by atoms with Gasteiger partial charge in [-0.05, 0) is 37.5 Å². The Labute approximate surface area is 153 Å². The molecule has 1 unspecified atom stereocenters. The standard InChI is InChI=1S/C19H27FN2O4/c1-25-16-4-5-17(20)15(12-16)13-22-8-2-6-19(24,18(22)23)14-21-7-3-10-26-11-9-21/h4-5,12,24H,2-3,6-11,13-14H2,1H3. The number of nitrogens with zero attached hydrogens (tertiary/aromatic N) is 2. The Morgan fingerprint density at radius 1 is 1.27 bits per heavy atom. The molecule has 1 N–H and O–H groups in total. The number of benzene rings is 1. The van der Waals surface area contributed by atoms with Gasteiger partial charge in [0.05, 0.1) is 13.7 Å². The van der Waals surface area contributed by atoms with Gasteiger partial charge in [0.1, 0.15) is 11.6 Å². The lowest BCUT2D eigenvalue weighted by Gasteiger charge is -2.40. The molecule has 6 nitrogen and oxygen atoms in total. The van der Waals surface area contributed by atoms with Crippen molar-refractivity contribution in [2.45, 2.75) is 31.4 Å². The second-order valence-electron chi connectivity index (χ2n) is 7.06. The Morgan fingerprint density at radius 2 is 2.12 bits per heavy atom. The Bertz CT molecular complexity index is 634. The summed E-state index contributed by atoms with van der Waals surface area (Å²) in [6.07, 6.45) is 2.02. The van der Waals surface area contributed by atoms with Gasteiger partial charge in [-0.15, -0.1) is 0 Å². The van der Waals surface area contributed by atoms with Crippen LogP contribution in [0.4, 0.5) is 4.39 Å². The van der Waals surface area contributed by atoms with Crippen LogP contribution in [0.25, 0.3) is 0 Å². The molecule has 7 heteroatoms. The number of carbonyl (C=O) groups is 1. The highest BCUT2D eigenvalue weighted by molar-refractivity contribution is 5.86. The van der Waals surface area contributed by atoms with E-state index in [-0.39, 0.29) is 18.3 Å². The predicted octanol–water partition coefficient (Wildman–Crippen LogP) is 1.41. The predicted molar refractivity (Wildman–Crippen MR) is 94.4 cm³/mol. The molecule has 26 heavy (non-hydrogen) atoms. The molecule has 0 bridgehead atoms. The topological polar surface area (TPSA) is 62.2 Å². The number of piperidine rings is 1. The van der Waals surface area contributed by atoms with E-state index in [1.807, 2.05) is 0 Å². The van der Waals surface area contributed by atoms with Gasteiger partial charge in [0.2, 0.25) is 0 Å². The zero-order valence-electron chi connectivity index (χ0n) is 15.2. The van der Waals surface area contributed by atoms with Crippen molar-refractivity contribution in [3.63, 3.8) is 0 Å². The number of rotatable bonds is 5. The van der Waals surface area contributed by atoms with Crippen LogP contribution in [0.15, 0.2) is 18.2 Å². The first kappa shape index (κ1) is 19.1. The van der Waals surface area contributed by atoms with Crippen LogP contribution in [-0.2, 0) is 16.1 Å². The Morgan fingerprint density at radius 3 is 2.92 bits per heavy atom. The number of β-amino-alcohol motifs (C(OH)–C–C–N with tert-alkyl or cyclic N) is 1. The normalized spacial score (nSPS) is 25.2. The van der Waals surface area contributed by atoms with Gasteiger partial charge in [-0.1, -0.05) is 0 Å². The van der Waals surface area contributed by atoms with E-state index < -0.39 is 5.60 Å². The number of methoxy groups -OCH3 is 1. The van der Waals surface area contributed by atoms with Gasteiger partial charge in [0.25, 0.3) is 5.91 Å². The van der Waals surface area contributed by atoms with Crippen LogP contribution in [0.1, 0.15) is 24.8 Å². The summed E-state index contributed by atoms with van der Waals surface area (Å²) < 4.78 is 24.7. The zero-order chi connectivity index (χ0) is 18.6. The molecule has 1 aromatic rings. The van der Waals surface area contributed by atoms with Gasteiger partial charge in [-0.25, -0.2) is 4.39 Å². The zero-order valence-corrected chi connectivity index (χ0v) is 15.2. The fourth-order valence-electron chi connectivity index (χ4n) is 3.69. The number of hydrogen-bond acceptors (Lipinski definition) is 5. The third kappa shape index (κ3) is 4.34. The molecule has 0 aliphatic carbocycles. The minimum atomic E-state index is -1.42. The van der Waals surface area contributed by atoms with Crippen LogP contribution in [0.5, 0.6) is 5.75 Å². The van der Waals surface area contributed by atoms with E-state index in [0.29, 0.717) is 57.0 Å². The summed E-state index contributed by atoms with van der Waals surface area (Å²) in [4.78, 5) is 16.6. The lowest BCUT2D eigenvalue weighted by Crippen LogP contribution is -2.58. The van der Waals surface area contributed by atoms with Crippen LogP contribution < -0.4 is 4.74 Å². The smallest absolute Gasteiger partial charge is 0.256 e. The van der Waals surface area contributed by atoms with Crippen molar-refractivity contribution in [1.29, 1.82) is 0 Å². The van der Waals surface area contributed by atoms with E-state index in [9.17, 15) is 14.3 Å². The second-order valence-corrected chi connectivity index (χ2v) is 7.06. The van der Waals surface area contributed by atoms with Crippen LogP contribution in [-0.4, -0.2) is 72.9 Å². The van der Waals surface area contributed by atoms with E-state index in [0.717, 1.165) is 13.0 Å². The maximum atomic E-state index is 14.1. The molecule has 2 aliphatic heterocycles. The maximum Gasteiger partial charge on any atom is 0.256 e. The van der Waals surface area contributed by atoms with Gasteiger partial charge in [-0.2, -0.15) is 0 Å². The number of likely N-dealkylation sites (tertiary alicyclic amines) is 1. The molecule has 2 aliphatic rings. The van der Waals surface area contributed by atoms with Crippen LogP contribution in [0.3, 0.4) is 0 Å². The fraction of sp³-hybridized carbons (Fsp3) is 0.632. The summed E-state index contributed by atoms with van der Waals surface area (Å²) in [5, 5.41) is 11.0. The third-order valence-electron chi connectivity index (χ3n) is 5.12. The molecule has 3 rings (SSSR count). The molecule has 1 amide bonds. The third-order valence-corrected chi connectivity index (χ3v) is 5.12. The highest BCUT2D eigenvalue weighted by Gasteiger charge is 2.43. The van der Waals surface area contributed by atoms with Crippen LogP contribution >= 0.6 is 0 Å².